The molecule has 1 amide bonds. The Labute approximate surface area is 142 Å². The number of nitrogens with one attached hydrogen (secondary N) is 2. The van der Waals surface area contributed by atoms with E-state index < -0.39 is 11.7 Å². The number of carbonyl (C=O) groups is 1. The van der Waals surface area contributed by atoms with E-state index in [4.69, 9.17) is 15.2 Å². The van der Waals surface area contributed by atoms with Gasteiger partial charge in [-0.15, -0.1) is 0 Å². The molecule has 0 aliphatic heterocycles. The van der Waals surface area contributed by atoms with Crippen molar-refractivity contribution in [1.29, 1.82) is 0 Å². The summed E-state index contributed by atoms with van der Waals surface area (Å²) in [4.78, 5) is 11.8. The highest BCUT2D eigenvalue weighted by atomic mass is 16.6. The van der Waals surface area contributed by atoms with Crippen molar-refractivity contribution in [3.63, 3.8) is 0 Å². The number of benzene rings is 2. The van der Waals surface area contributed by atoms with Gasteiger partial charge in [0.15, 0.2) is 0 Å². The van der Waals surface area contributed by atoms with Gasteiger partial charge in [-0.05, 0) is 51.1 Å². The van der Waals surface area contributed by atoms with E-state index in [2.05, 4.69) is 10.6 Å². The standard InChI is InChI=1S/C18H23N3O3/c1-18(2,3)24-17(22)21-13-7-5-6-12(10-13)20-16-9-8-14(23-4)11-15(16)19/h5-11,20H,19H2,1-4H3,(H,21,22). The van der Waals surface area contributed by atoms with Crippen LogP contribution < -0.4 is 21.1 Å². The van der Waals surface area contributed by atoms with Crippen molar-refractivity contribution in [2.75, 3.05) is 23.5 Å². The van der Waals surface area contributed by atoms with Crippen molar-refractivity contribution in [1.82, 2.24) is 0 Å². The smallest absolute Gasteiger partial charge is 0.412 e. The van der Waals surface area contributed by atoms with Gasteiger partial charge >= 0.3 is 6.09 Å². The summed E-state index contributed by atoms with van der Waals surface area (Å²) in [6.07, 6.45) is -0.497. The van der Waals surface area contributed by atoms with Crippen LogP contribution in [-0.4, -0.2) is 18.8 Å². The summed E-state index contributed by atoms with van der Waals surface area (Å²) in [5.41, 5.74) is 8.20. The van der Waals surface area contributed by atoms with Gasteiger partial charge < -0.3 is 20.5 Å². The van der Waals surface area contributed by atoms with Crippen molar-refractivity contribution in [2.24, 2.45) is 0 Å². The summed E-state index contributed by atoms with van der Waals surface area (Å²) in [7, 11) is 1.59. The van der Waals surface area contributed by atoms with Crippen LogP contribution in [0.2, 0.25) is 0 Å². The molecule has 0 aliphatic carbocycles. The molecule has 0 aromatic heterocycles. The monoisotopic (exact) mass is 329 g/mol. The molecule has 24 heavy (non-hydrogen) atoms. The maximum absolute atomic E-state index is 11.8. The molecular weight excluding hydrogens is 306 g/mol. The normalized spacial score (nSPS) is 10.8. The molecule has 0 saturated heterocycles. The van der Waals surface area contributed by atoms with Gasteiger partial charge in [0.05, 0.1) is 18.5 Å². The van der Waals surface area contributed by atoms with Gasteiger partial charge in [-0.1, -0.05) is 6.07 Å². The van der Waals surface area contributed by atoms with Gasteiger partial charge in [-0.2, -0.15) is 0 Å². The number of anilines is 4. The van der Waals surface area contributed by atoms with Gasteiger partial charge in [0.1, 0.15) is 11.4 Å². The van der Waals surface area contributed by atoms with Crippen LogP contribution in [0.5, 0.6) is 5.75 Å². The molecule has 0 unspecified atom stereocenters. The minimum Gasteiger partial charge on any atom is -0.497 e. The number of nitrogen functional groups attached to an aromatic ring is 1. The molecule has 0 fully saturated rings. The van der Waals surface area contributed by atoms with Crippen molar-refractivity contribution < 1.29 is 14.3 Å². The Morgan fingerprint density at radius 2 is 1.79 bits per heavy atom. The Bertz CT molecular complexity index is 724. The fourth-order valence-corrected chi connectivity index (χ4v) is 2.03. The predicted molar refractivity (Wildman–Crippen MR) is 97.0 cm³/mol. The Morgan fingerprint density at radius 3 is 2.42 bits per heavy atom. The Morgan fingerprint density at radius 1 is 1.08 bits per heavy atom. The van der Waals surface area contributed by atoms with Crippen LogP contribution in [-0.2, 0) is 4.74 Å². The average Bonchev–Trinajstić information content (AvgIpc) is 2.47. The van der Waals surface area contributed by atoms with Crippen molar-refractivity contribution >= 4 is 28.8 Å². The summed E-state index contributed by atoms with van der Waals surface area (Å²) in [6.45, 7) is 5.45. The van der Waals surface area contributed by atoms with E-state index in [-0.39, 0.29) is 0 Å². The Hall–Kier alpha value is -2.89. The third-order valence-corrected chi connectivity index (χ3v) is 3.05. The summed E-state index contributed by atoms with van der Waals surface area (Å²) >= 11 is 0. The number of carbonyl (C=O) groups excluding carboxylic acids is 1. The molecule has 6 nitrogen and oxygen atoms in total. The first-order valence-corrected chi connectivity index (χ1v) is 7.57. The number of nitrogens with two attached hydrogens (primary N) is 1. The minimum absolute atomic E-state index is 0.497. The Kier molecular flexibility index (Phi) is 5.18. The maximum atomic E-state index is 11.8. The highest BCUT2D eigenvalue weighted by molar-refractivity contribution is 5.86. The van der Waals surface area contributed by atoms with Gasteiger partial charge in [-0.3, -0.25) is 5.32 Å². The zero-order valence-corrected chi connectivity index (χ0v) is 14.3. The van der Waals surface area contributed by atoms with E-state index in [1.54, 1.807) is 25.3 Å². The zero-order chi connectivity index (χ0) is 17.7. The lowest BCUT2D eigenvalue weighted by Gasteiger charge is -2.20. The molecule has 2 aromatic carbocycles. The van der Waals surface area contributed by atoms with Gasteiger partial charge in [0.2, 0.25) is 0 Å². The number of ether oxygens (including phenoxy) is 2. The summed E-state index contributed by atoms with van der Waals surface area (Å²) in [5, 5.41) is 5.92. The SMILES string of the molecule is COc1ccc(Nc2cccc(NC(=O)OC(C)(C)C)c2)c(N)c1. The van der Waals surface area contributed by atoms with Crippen LogP contribution in [0.1, 0.15) is 20.8 Å². The van der Waals surface area contributed by atoms with Crippen LogP contribution in [0.15, 0.2) is 42.5 Å². The molecule has 0 saturated carbocycles. The second kappa shape index (κ2) is 7.12. The fraction of sp³-hybridized carbons (Fsp3) is 0.278. The van der Waals surface area contributed by atoms with Crippen LogP contribution >= 0.6 is 0 Å². The molecule has 0 bridgehead atoms. The Balaban J connectivity index is 2.09. The first-order chi connectivity index (χ1) is 11.3. The van der Waals surface area contributed by atoms with E-state index in [0.717, 1.165) is 11.4 Å². The van der Waals surface area contributed by atoms with Crippen molar-refractivity contribution in [3.8, 4) is 5.75 Å². The van der Waals surface area contributed by atoms with Gasteiger partial charge in [-0.25, -0.2) is 4.79 Å². The highest BCUT2D eigenvalue weighted by Gasteiger charge is 2.16. The summed E-state index contributed by atoms with van der Waals surface area (Å²) in [5.74, 6) is 0.693. The fourth-order valence-electron chi connectivity index (χ4n) is 2.03. The first-order valence-electron chi connectivity index (χ1n) is 7.57. The lowest BCUT2D eigenvalue weighted by atomic mass is 10.2. The average molecular weight is 329 g/mol. The molecule has 2 aromatic rings. The number of hydrogen-bond acceptors (Lipinski definition) is 5. The second-order valence-electron chi connectivity index (χ2n) is 6.29. The molecule has 2 rings (SSSR count). The van der Waals surface area contributed by atoms with Crippen LogP contribution in [0.25, 0.3) is 0 Å². The maximum Gasteiger partial charge on any atom is 0.412 e. The molecule has 0 radical (unpaired) electrons. The highest BCUT2D eigenvalue weighted by Crippen LogP contribution is 2.28. The van der Waals surface area contributed by atoms with Gasteiger partial charge in [0.25, 0.3) is 0 Å². The van der Waals surface area contributed by atoms with E-state index in [0.29, 0.717) is 17.1 Å². The summed E-state index contributed by atoms with van der Waals surface area (Å²) in [6, 6.07) is 12.7. The third kappa shape index (κ3) is 5.08. The molecule has 0 spiro atoms. The van der Waals surface area contributed by atoms with E-state index in [9.17, 15) is 4.79 Å². The van der Waals surface area contributed by atoms with Crippen LogP contribution in [0.3, 0.4) is 0 Å². The number of amides is 1. The van der Waals surface area contributed by atoms with Crippen molar-refractivity contribution in [3.05, 3.63) is 42.5 Å². The van der Waals surface area contributed by atoms with E-state index >= 15 is 0 Å². The molecule has 0 heterocycles. The summed E-state index contributed by atoms with van der Waals surface area (Å²) < 4.78 is 10.4. The van der Waals surface area contributed by atoms with E-state index in [1.165, 1.54) is 0 Å². The topological polar surface area (TPSA) is 85.6 Å². The number of hydrogen-bond donors (Lipinski definition) is 3. The van der Waals surface area contributed by atoms with Crippen LogP contribution in [0.4, 0.5) is 27.5 Å². The predicted octanol–water partition coefficient (Wildman–Crippen LogP) is 4.37. The quantitative estimate of drug-likeness (QED) is 0.725. The van der Waals surface area contributed by atoms with Crippen molar-refractivity contribution in [2.45, 2.75) is 26.4 Å². The molecule has 0 atom stereocenters. The van der Waals surface area contributed by atoms with Crippen LogP contribution in [0, 0.1) is 0 Å². The molecule has 6 heteroatoms. The lowest BCUT2D eigenvalue weighted by Crippen LogP contribution is -2.27. The molecular formula is C18H23N3O3. The lowest BCUT2D eigenvalue weighted by molar-refractivity contribution is 0.0636. The molecule has 0 aliphatic rings. The third-order valence-electron chi connectivity index (χ3n) is 3.05. The second-order valence-corrected chi connectivity index (χ2v) is 6.29. The minimum atomic E-state index is -0.544. The zero-order valence-electron chi connectivity index (χ0n) is 14.3. The van der Waals surface area contributed by atoms with E-state index in [1.807, 2.05) is 45.0 Å². The largest absolute Gasteiger partial charge is 0.497 e. The number of rotatable bonds is 4. The molecule has 128 valence electrons. The van der Waals surface area contributed by atoms with Gasteiger partial charge in [0, 0.05) is 17.4 Å². The number of methoxy groups -OCH3 is 1. The molecule has 4 N–H and O–H groups in total. The first kappa shape index (κ1) is 17.5.